The fourth-order valence-electron chi connectivity index (χ4n) is 5.38. The van der Waals surface area contributed by atoms with Crippen LogP contribution in [0.25, 0.3) is 0 Å². The molecule has 336 valence electrons. The molecule has 4 N–H and O–H groups in total. The Morgan fingerprint density at radius 2 is 1.05 bits per heavy atom. The highest BCUT2D eigenvalue weighted by atomic mass is 31.2. The lowest BCUT2D eigenvalue weighted by Crippen LogP contribution is -2.34. The SMILES string of the molecule is CCCCC/C=C\C=C\C(=O)CCCCCCCC(=O)OC[C@H](COP(=O)(O)OC[C@H](N)C(=O)O)OC(=O)CCCCC/C=C\C/C=C\C/C=C\C/C=C\CCCCC. The number of aliphatic carboxylic acids is 1. The zero-order chi connectivity index (χ0) is 43.7. The third kappa shape index (κ3) is 39.8. The van der Waals surface area contributed by atoms with E-state index in [1.807, 2.05) is 6.08 Å². The number of phosphoric ester groups is 1. The van der Waals surface area contributed by atoms with Gasteiger partial charge in [0.15, 0.2) is 11.9 Å². The number of ether oxygens (including phenoxy) is 2. The zero-order valence-electron chi connectivity index (χ0n) is 36.1. The summed E-state index contributed by atoms with van der Waals surface area (Å²) in [6.07, 6.45) is 43.6. The van der Waals surface area contributed by atoms with E-state index < -0.39 is 57.7 Å². The second-order valence-corrected chi connectivity index (χ2v) is 16.0. The highest BCUT2D eigenvalue weighted by Gasteiger charge is 2.28. The molecule has 0 spiro atoms. The van der Waals surface area contributed by atoms with E-state index in [1.165, 1.54) is 32.1 Å². The number of carbonyl (C=O) groups is 4. The van der Waals surface area contributed by atoms with Gasteiger partial charge in [-0.3, -0.25) is 28.2 Å². The maximum Gasteiger partial charge on any atom is 0.472 e. The largest absolute Gasteiger partial charge is 0.480 e. The minimum atomic E-state index is -4.76. The van der Waals surface area contributed by atoms with E-state index in [1.54, 1.807) is 12.2 Å². The number of carboxylic acids is 1. The molecule has 0 rings (SSSR count). The third-order valence-electron chi connectivity index (χ3n) is 8.90. The topological polar surface area (TPSA) is 189 Å². The second kappa shape index (κ2) is 40.0. The lowest BCUT2D eigenvalue weighted by Gasteiger charge is -2.20. The Balaban J connectivity index is 4.52. The fourth-order valence-corrected chi connectivity index (χ4v) is 6.16. The molecule has 0 aromatic carbocycles. The van der Waals surface area contributed by atoms with Crippen molar-refractivity contribution in [3.05, 3.63) is 72.9 Å². The first-order valence-electron chi connectivity index (χ1n) is 21.9. The van der Waals surface area contributed by atoms with Crippen molar-refractivity contribution < 1.29 is 52.3 Å². The number of unbranched alkanes of at least 4 members (excludes halogenated alkanes) is 13. The molecule has 12 nitrogen and oxygen atoms in total. The van der Waals surface area contributed by atoms with Crippen molar-refractivity contribution in [3.63, 3.8) is 0 Å². The molecule has 0 aromatic rings. The van der Waals surface area contributed by atoms with E-state index in [-0.39, 0.29) is 18.6 Å². The minimum Gasteiger partial charge on any atom is -0.480 e. The average molecular weight is 850 g/mol. The Kier molecular flexibility index (Phi) is 37.7. The molecule has 0 fully saturated rings. The predicted octanol–water partition coefficient (Wildman–Crippen LogP) is 10.9. The standard InChI is InChI=1S/C46H76NO11P/c1-3-5-7-9-11-12-13-14-15-16-17-18-19-20-21-22-24-28-33-37-45(50)58-42(39-56-59(53,54)57-40-43(47)46(51)52)38-55-44(49)36-32-29-25-27-31-35-41(48)34-30-26-23-10-8-6-4-2/h11-12,14-15,17-18,20-21,23,26,30,34,42-43H,3-10,13,16,19,22,24-25,27-29,31-33,35-40,47H2,1-2H3,(H,51,52)(H,53,54)/b12-11-,15-14-,18-17-,21-20-,26-23-,34-30+/t42-,43+/m1/s1. The van der Waals surface area contributed by atoms with Gasteiger partial charge >= 0.3 is 25.7 Å². The number of esters is 2. The number of hydrogen-bond acceptors (Lipinski definition) is 10. The quantitative estimate of drug-likeness (QED) is 0.0132. The van der Waals surface area contributed by atoms with E-state index in [0.717, 1.165) is 83.5 Å². The first-order chi connectivity index (χ1) is 28.5. The Labute approximate surface area is 355 Å². The van der Waals surface area contributed by atoms with Crippen LogP contribution in [0.4, 0.5) is 0 Å². The van der Waals surface area contributed by atoms with Crippen molar-refractivity contribution in [1.29, 1.82) is 0 Å². The molecular formula is C46H76NO11P. The van der Waals surface area contributed by atoms with Gasteiger partial charge in [-0.25, -0.2) is 4.57 Å². The van der Waals surface area contributed by atoms with Crippen LogP contribution < -0.4 is 5.73 Å². The van der Waals surface area contributed by atoms with Crippen LogP contribution in [0.15, 0.2) is 72.9 Å². The summed E-state index contributed by atoms with van der Waals surface area (Å²) in [7, 11) is -4.76. The van der Waals surface area contributed by atoms with E-state index >= 15 is 0 Å². The molecule has 0 amide bonds. The Bertz CT molecular complexity index is 1340. The molecule has 3 atom stereocenters. The lowest BCUT2D eigenvalue weighted by molar-refractivity contribution is -0.161. The summed E-state index contributed by atoms with van der Waals surface area (Å²) in [6.45, 7) is 2.55. The van der Waals surface area contributed by atoms with E-state index in [4.69, 9.17) is 24.8 Å². The first kappa shape index (κ1) is 55.6. The Morgan fingerprint density at radius 1 is 0.576 bits per heavy atom. The van der Waals surface area contributed by atoms with E-state index in [9.17, 15) is 28.6 Å². The van der Waals surface area contributed by atoms with Crippen molar-refractivity contribution in [3.8, 4) is 0 Å². The van der Waals surface area contributed by atoms with Crippen LogP contribution in [0.3, 0.4) is 0 Å². The molecule has 0 saturated carbocycles. The van der Waals surface area contributed by atoms with E-state index in [2.05, 4.69) is 73.1 Å². The number of allylic oxidation sites excluding steroid dienone is 12. The molecule has 0 bridgehead atoms. The van der Waals surface area contributed by atoms with Gasteiger partial charge in [0.25, 0.3) is 0 Å². The summed E-state index contributed by atoms with van der Waals surface area (Å²) in [5.41, 5.74) is 5.32. The van der Waals surface area contributed by atoms with Gasteiger partial charge in [0.2, 0.25) is 0 Å². The van der Waals surface area contributed by atoms with Crippen molar-refractivity contribution in [1.82, 2.24) is 0 Å². The summed E-state index contributed by atoms with van der Waals surface area (Å²) >= 11 is 0. The summed E-state index contributed by atoms with van der Waals surface area (Å²) < 4.78 is 32.6. The number of rotatable bonds is 40. The molecule has 13 heteroatoms. The third-order valence-corrected chi connectivity index (χ3v) is 9.85. The van der Waals surface area contributed by atoms with Crippen molar-refractivity contribution >= 4 is 31.5 Å². The fraction of sp³-hybridized carbons (Fsp3) is 0.652. The molecule has 0 aliphatic carbocycles. The molecule has 0 saturated heterocycles. The summed E-state index contributed by atoms with van der Waals surface area (Å²) in [5, 5.41) is 8.89. The maximum atomic E-state index is 12.6. The molecule has 1 unspecified atom stereocenters. The number of ketones is 1. The summed E-state index contributed by atoms with van der Waals surface area (Å²) in [4.78, 5) is 58.0. The van der Waals surface area contributed by atoms with Crippen LogP contribution in [0.1, 0.15) is 162 Å². The van der Waals surface area contributed by atoms with Gasteiger partial charge in [-0.2, -0.15) is 0 Å². The molecule has 0 aliphatic heterocycles. The number of carbonyl (C=O) groups excluding carboxylic acids is 3. The number of phosphoric acid groups is 1. The number of nitrogens with two attached hydrogens (primary N) is 1. The zero-order valence-corrected chi connectivity index (χ0v) is 37.0. The van der Waals surface area contributed by atoms with Crippen LogP contribution in [0.2, 0.25) is 0 Å². The van der Waals surface area contributed by atoms with Gasteiger partial charge in [0.05, 0.1) is 13.2 Å². The predicted molar refractivity (Wildman–Crippen MR) is 236 cm³/mol. The van der Waals surface area contributed by atoms with Gasteiger partial charge in [-0.05, 0) is 83.1 Å². The van der Waals surface area contributed by atoms with Crippen LogP contribution in [-0.2, 0) is 42.3 Å². The molecule has 0 aliphatic rings. The Hall–Kier alpha value is -3.41. The molecule has 0 heterocycles. The van der Waals surface area contributed by atoms with Gasteiger partial charge in [-0.1, -0.05) is 132 Å². The molecular weight excluding hydrogens is 773 g/mol. The maximum absolute atomic E-state index is 12.6. The lowest BCUT2D eigenvalue weighted by atomic mass is 10.1. The smallest absolute Gasteiger partial charge is 0.472 e. The molecule has 0 radical (unpaired) electrons. The molecule has 59 heavy (non-hydrogen) atoms. The Morgan fingerprint density at radius 3 is 1.63 bits per heavy atom. The van der Waals surface area contributed by atoms with Crippen molar-refractivity contribution in [2.24, 2.45) is 5.73 Å². The van der Waals surface area contributed by atoms with E-state index in [0.29, 0.717) is 19.3 Å². The van der Waals surface area contributed by atoms with Crippen LogP contribution in [-0.4, -0.2) is 65.7 Å². The highest BCUT2D eigenvalue weighted by molar-refractivity contribution is 7.47. The van der Waals surface area contributed by atoms with Gasteiger partial charge < -0.3 is 25.2 Å². The minimum absolute atomic E-state index is 0.0947. The first-order valence-corrected chi connectivity index (χ1v) is 23.4. The van der Waals surface area contributed by atoms with Gasteiger partial charge in [0, 0.05) is 19.3 Å². The number of carboxylic acid groups (broad SMARTS) is 1. The van der Waals surface area contributed by atoms with Crippen LogP contribution in [0.5, 0.6) is 0 Å². The van der Waals surface area contributed by atoms with Crippen molar-refractivity contribution in [2.75, 3.05) is 19.8 Å². The molecule has 0 aromatic heterocycles. The normalized spacial score (nSPS) is 14.3. The van der Waals surface area contributed by atoms with Gasteiger partial charge in [0.1, 0.15) is 12.6 Å². The summed E-state index contributed by atoms with van der Waals surface area (Å²) in [5.74, 6) is -2.44. The second-order valence-electron chi connectivity index (χ2n) is 14.5. The number of hydrogen-bond donors (Lipinski definition) is 3. The average Bonchev–Trinajstić information content (AvgIpc) is 3.21. The summed E-state index contributed by atoms with van der Waals surface area (Å²) in [6, 6.07) is -1.55. The highest BCUT2D eigenvalue weighted by Crippen LogP contribution is 2.43. The van der Waals surface area contributed by atoms with Gasteiger partial charge in [-0.15, -0.1) is 0 Å². The van der Waals surface area contributed by atoms with Crippen molar-refractivity contribution in [2.45, 2.75) is 174 Å². The van der Waals surface area contributed by atoms with Crippen LogP contribution in [0, 0.1) is 0 Å². The monoisotopic (exact) mass is 850 g/mol. The van der Waals surface area contributed by atoms with Crippen LogP contribution >= 0.6 is 7.82 Å².